The summed E-state index contributed by atoms with van der Waals surface area (Å²) in [7, 11) is 0. The molecule has 21 heavy (non-hydrogen) atoms. The van der Waals surface area contributed by atoms with Crippen LogP contribution < -0.4 is 5.32 Å². The maximum absolute atomic E-state index is 10.9. The average molecular weight is 299 g/mol. The molecule has 2 rings (SSSR count). The van der Waals surface area contributed by atoms with E-state index in [1.165, 1.54) is 0 Å². The van der Waals surface area contributed by atoms with Crippen LogP contribution in [-0.4, -0.2) is 48.2 Å². The molecule has 4 nitrogen and oxygen atoms in total. The molecule has 0 bridgehead atoms. The van der Waals surface area contributed by atoms with Crippen LogP contribution in [0.5, 0.6) is 0 Å². The predicted octanol–water partition coefficient (Wildman–Crippen LogP) is 2.49. The monoisotopic (exact) mass is 299 g/mol. The summed E-state index contributed by atoms with van der Waals surface area (Å²) in [4.78, 5) is 0. The summed E-state index contributed by atoms with van der Waals surface area (Å²) in [6, 6.07) is 0. The largest absolute Gasteiger partial charge is 0.390 e. The highest BCUT2D eigenvalue weighted by molar-refractivity contribution is 4.95. The average Bonchev–Trinajstić information content (AvgIpc) is 2.38. The van der Waals surface area contributed by atoms with Gasteiger partial charge in [-0.3, -0.25) is 0 Å². The fraction of sp³-hybridized carbons (Fsp3) is 1.00. The Hall–Kier alpha value is -0.160. The third-order valence-electron chi connectivity index (χ3n) is 5.06. The van der Waals surface area contributed by atoms with Crippen molar-refractivity contribution in [3.8, 4) is 0 Å². The summed E-state index contributed by atoms with van der Waals surface area (Å²) in [6.07, 6.45) is 4.67. The van der Waals surface area contributed by atoms with Crippen LogP contribution in [0.3, 0.4) is 0 Å². The molecular formula is C17H33NO3. The van der Waals surface area contributed by atoms with E-state index in [4.69, 9.17) is 9.47 Å². The summed E-state index contributed by atoms with van der Waals surface area (Å²) >= 11 is 0. The van der Waals surface area contributed by atoms with Crippen molar-refractivity contribution in [1.82, 2.24) is 5.32 Å². The molecule has 1 spiro atoms. The van der Waals surface area contributed by atoms with Crippen molar-refractivity contribution in [2.24, 2.45) is 5.92 Å². The number of aliphatic hydroxyl groups is 1. The summed E-state index contributed by atoms with van der Waals surface area (Å²) in [5.41, 5.74) is -0.552. The van der Waals surface area contributed by atoms with Crippen molar-refractivity contribution in [3.05, 3.63) is 0 Å². The zero-order valence-electron chi connectivity index (χ0n) is 14.2. The van der Waals surface area contributed by atoms with Gasteiger partial charge in [-0.25, -0.2) is 0 Å². The molecule has 0 saturated carbocycles. The van der Waals surface area contributed by atoms with E-state index in [0.717, 1.165) is 58.5 Å². The van der Waals surface area contributed by atoms with Gasteiger partial charge in [0.1, 0.15) is 0 Å². The maximum Gasteiger partial charge on any atom is 0.0730 e. The van der Waals surface area contributed by atoms with Gasteiger partial charge in [-0.1, -0.05) is 0 Å². The molecule has 0 aromatic rings. The smallest absolute Gasteiger partial charge is 0.0730 e. The Bertz CT molecular complexity index is 324. The third kappa shape index (κ3) is 4.92. The molecule has 2 unspecified atom stereocenters. The van der Waals surface area contributed by atoms with Crippen LogP contribution in [0.2, 0.25) is 0 Å². The van der Waals surface area contributed by atoms with E-state index in [2.05, 4.69) is 26.1 Å². The first-order valence-electron chi connectivity index (χ1n) is 8.42. The first-order chi connectivity index (χ1) is 9.73. The standard InChI is InChI=1S/C17H33NO3/c1-15(2,3)18-9-6-16(4,19)14-5-10-21-17(13-14)7-11-20-12-8-17/h14,18-19H,5-13H2,1-4H3. The molecule has 2 saturated heterocycles. The molecule has 0 aliphatic carbocycles. The first kappa shape index (κ1) is 17.2. The number of hydrogen-bond donors (Lipinski definition) is 2. The highest BCUT2D eigenvalue weighted by Crippen LogP contribution is 2.41. The van der Waals surface area contributed by atoms with Crippen LogP contribution in [0.4, 0.5) is 0 Å². The maximum atomic E-state index is 10.9. The molecule has 0 amide bonds. The van der Waals surface area contributed by atoms with Gasteiger partial charge in [0, 0.05) is 25.4 Å². The van der Waals surface area contributed by atoms with Gasteiger partial charge in [0.05, 0.1) is 11.2 Å². The fourth-order valence-corrected chi connectivity index (χ4v) is 3.55. The minimum absolute atomic E-state index is 0.0391. The van der Waals surface area contributed by atoms with Gasteiger partial charge in [0.15, 0.2) is 0 Å². The fourth-order valence-electron chi connectivity index (χ4n) is 3.55. The van der Waals surface area contributed by atoms with E-state index in [9.17, 15) is 5.11 Å². The van der Waals surface area contributed by atoms with Crippen molar-refractivity contribution < 1.29 is 14.6 Å². The normalized spacial score (nSPS) is 29.3. The summed E-state index contributed by atoms with van der Waals surface area (Å²) < 4.78 is 11.6. The number of hydrogen-bond acceptors (Lipinski definition) is 4. The molecule has 2 heterocycles. The van der Waals surface area contributed by atoms with Gasteiger partial charge in [-0.2, -0.15) is 0 Å². The molecule has 124 valence electrons. The number of rotatable bonds is 4. The summed E-state index contributed by atoms with van der Waals surface area (Å²) in [6.45, 7) is 11.7. The van der Waals surface area contributed by atoms with E-state index in [1.54, 1.807) is 0 Å². The summed E-state index contributed by atoms with van der Waals surface area (Å²) in [5.74, 6) is 0.325. The lowest BCUT2D eigenvalue weighted by Gasteiger charge is -2.47. The van der Waals surface area contributed by atoms with Gasteiger partial charge < -0.3 is 19.9 Å². The molecule has 2 fully saturated rings. The van der Waals surface area contributed by atoms with Crippen molar-refractivity contribution in [2.45, 2.75) is 76.5 Å². The number of ether oxygens (including phenoxy) is 2. The molecule has 2 atom stereocenters. The summed E-state index contributed by atoms with van der Waals surface area (Å²) in [5, 5.41) is 14.4. The van der Waals surface area contributed by atoms with Crippen LogP contribution in [-0.2, 0) is 9.47 Å². The first-order valence-corrected chi connectivity index (χ1v) is 8.42. The Labute approximate surface area is 129 Å². The highest BCUT2D eigenvalue weighted by Gasteiger charge is 2.44. The minimum atomic E-state index is -0.618. The second-order valence-electron chi connectivity index (χ2n) is 8.12. The predicted molar refractivity (Wildman–Crippen MR) is 84.5 cm³/mol. The highest BCUT2D eigenvalue weighted by atomic mass is 16.5. The van der Waals surface area contributed by atoms with Crippen molar-refractivity contribution >= 4 is 0 Å². The van der Waals surface area contributed by atoms with Crippen molar-refractivity contribution in [3.63, 3.8) is 0 Å². The second-order valence-corrected chi connectivity index (χ2v) is 8.12. The second kappa shape index (κ2) is 6.53. The molecular weight excluding hydrogens is 266 g/mol. The van der Waals surface area contributed by atoms with E-state index >= 15 is 0 Å². The van der Waals surface area contributed by atoms with Gasteiger partial charge in [0.2, 0.25) is 0 Å². The van der Waals surface area contributed by atoms with Crippen molar-refractivity contribution in [1.29, 1.82) is 0 Å². The number of nitrogens with one attached hydrogen (secondary N) is 1. The zero-order chi connectivity index (χ0) is 15.6. The lowest BCUT2D eigenvalue weighted by atomic mass is 9.73. The molecule has 4 heteroatoms. The molecule has 0 aromatic carbocycles. The molecule has 2 aliphatic rings. The molecule has 2 N–H and O–H groups in total. The van der Waals surface area contributed by atoms with Crippen molar-refractivity contribution in [2.75, 3.05) is 26.4 Å². The third-order valence-corrected chi connectivity index (χ3v) is 5.06. The Morgan fingerprint density at radius 3 is 2.43 bits per heavy atom. The van der Waals surface area contributed by atoms with Gasteiger partial charge in [-0.05, 0) is 72.3 Å². The van der Waals surface area contributed by atoms with Crippen LogP contribution in [0.15, 0.2) is 0 Å². The topological polar surface area (TPSA) is 50.7 Å². The molecule has 0 radical (unpaired) electrons. The molecule has 0 aromatic heterocycles. The van der Waals surface area contributed by atoms with E-state index in [0.29, 0.717) is 5.92 Å². The quantitative estimate of drug-likeness (QED) is 0.837. The van der Waals surface area contributed by atoms with Gasteiger partial charge in [-0.15, -0.1) is 0 Å². The zero-order valence-corrected chi connectivity index (χ0v) is 14.2. The lowest BCUT2D eigenvalue weighted by Crippen LogP contribution is -2.51. The lowest BCUT2D eigenvalue weighted by molar-refractivity contribution is -0.173. The molecule has 2 aliphatic heterocycles. The van der Waals surface area contributed by atoms with Crippen LogP contribution in [0.1, 0.15) is 59.8 Å². The SMILES string of the molecule is CC(C)(C)NCCC(C)(O)C1CCOC2(CCOCC2)C1. The van der Waals surface area contributed by atoms with Crippen LogP contribution in [0.25, 0.3) is 0 Å². The van der Waals surface area contributed by atoms with Gasteiger partial charge >= 0.3 is 0 Å². The van der Waals surface area contributed by atoms with Crippen LogP contribution >= 0.6 is 0 Å². The van der Waals surface area contributed by atoms with Crippen LogP contribution in [0, 0.1) is 5.92 Å². The Kier molecular flexibility index (Phi) is 5.35. The van der Waals surface area contributed by atoms with Gasteiger partial charge in [0.25, 0.3) is 0 Å². The van der Waals surface area contributed by atoms with E-state index < -0.39 is 5.60 Å². The van der Waals surface area contributed by atoms with E-state index in [1.807, 2.05) is 6.92 Å². The Morgan fingerprint density at radius 1 is 1.14 bits per heavy atom. The Morgan fingerprint density at radius 2 is 1.81 bits per heavy atom. The Balaban J connectivity index is 1.89. The van der Waals surface area contributed by atoms with E-state index in [-0.39, 0.29) is 11.1 Å². The minimum Gasteiger partial charge on any atom is -0.390 e.